The molecule has 190 valence electrons. The highest BCUT2D eigenvalue weighted by atomic mass is 32.1. The summed E-state index contributed by atoms with van der Waals surface area (Å²) in [6.45, 7) is 2.98. The first-order chi connectivity index (χ1) is 18.6. The van der Waals surface area contributed by atoms with Crippen LogP contribution in [-0.2, 0) is 6.54 Å². The van der Waals surface area contributed by atoms with E-state index in [0.717, 1.165) is 53.0 Å². The van der Waals surface area contributed by atoms with E-state index in [1.54, 1.807) is 24.5 Å². The summed E-state index contributed by atoms with van der Waals surface area (Å²) < 4.78 is 28.9. The van der Waals surface area contributed by atoms with E-state index in [1.807, 2.05) is 18.3 Å². The van der Waals surface area contributed by atoms with Crippen molar-refractivity contribution < 1.29 is 8.78 Å². The quantitative estimate of drug-likeness (QED) is 0.265. The topological polar surface area (TPSA) is 86.4 Å². The first kappa shape index (κ1) is 23.1. The molecule has 0 amide bonds. The molecule has 1 fully saturated rings. The highest BCUT2D eigenvalue weighted by molar-refractivity contribution is 7.13. The molecule has 6 heterocycles. The standard InChI is InChI=1S/C28H23F2N7S/c29-20-12-22-19(11-18(20)17-10-16(13-31-14-17)15-37-8-2-1-3-9-37)25(36-35-22)28-33-21-6-7-32-27(26(21)34-28)23-4-5-24(30)38-23/h4-7,10-14H,1-3,8-9,15H2,(H,33,34)(H,35,36). The van der Waals surface area contributed by atoms with E-state index in [0.29, 0.717) is 38.7 Å². The van der Waals surface area contributed by atoms with Gasteiger partial charge in [0.1, 0.15) is 22.7 Å². The minimum Gasteiger partial charge on any atom is -0.336 e. The lowest BCUT2D eigenvalue weighted by Crippen LogP contribution is -2.29. The zero-order chi connectivity index (χ0) is 25.6. The first-order valence-corrected chi connectivity index (χ1v) is 13.4. The SMILES string of the molecule is Fc1ccc(-c2nccc3[nH]c(-c4n[nH]c5cc(F)c(-c6cncc(CN7CCCCC7)c6)cc45)nc23)s1. The molecule has 38 heavy (non-hydrogen) atoms. The van der Waals surface area contributed by atoms with Gasteiger partial charge in [-0.2, -0.15) is 9.49 Å². The van der Waals surface area contributed by atoms with Crippen LogP contribution in [0.1, 0.15) is 24.8 Å². The molecule has 0 bridgehead atoms. The summed E-state index contributed by atoms with van der Waals surface area (Å²) in [5.41, 5.74) is 5.36. The Morgan fingerprint density at radius 3 is 2.68 bits per heavy atom. The molecule has 0 aliphatic carbocycles. The van der Waals surface area contributed by atoms with Gasteiger partial charge in [-0.05, 0) is 61.8 Å². The van der Waals surface area contributed by atoms with Gasteiger partial charge in [0.15, 0.2) is 11.0 Å². The molecular weight excluding hydrogens is 504 g/mol. The van der Waals surface area contributed by atoms with Gasteiger partial charge < -0.3 is 4.98 Å². The second-order valence-corrected chi connectivity index (χ2v) is 10.6. The van der Waals surface area contributed by atoms with Crippen LogP contribution in [0.25, 0.3) is 55.2 Å². The number of rotatable bonds is 5. The second kappa shape index (κ2) is 9.38. The summed E-state index contributed by atoms with van der Waals surface area (Å²) in [6, 6.07) is 10.2. The Bertz CT molecular complexity index is 1780. The van der Waals surface area contributed by atoms with E-state index >= 15 is 4.39 Å². The predicted octanol–water partition coefficient (Wildman–Crippen LogP) is 6.56. The number of imidazole rings is 1. The number of hydrogen-bond acceptors (Lipinski definition) is 6. The minimum atomic E-state index is -0.347. The van der Waals surface area contributed by atoms with E-state index < -0.39 is 0 Å². The number of H-pyrrole nitrogens is 2. The molecule has 7 nitrogen and oxygen atoms in total. The van der Waals surface area contributed by atoms with Crippen LogP contribution in [0, 0.1) is 10.9 Å². The van der Waals surface area contributed by atoms with Gasteiger partial charge >= 0.3 is 0 Å². The summed E-state index contributed by atoms with van der Waals surface area (Å²) in [5.74, 6) is 0.174. The lowest BCUT2D eigenvalue weighted by molar-refractivity contribution is 0.220. The fourth-order valence-corrected chi connectivity index (χ4v) is 5.93. The van der Waals surface area contributed by atoms with Gasteiger partial charge in [0.05, 0.1) is 15.9 Å². The predicted molar refractivity (Wildman–Crippen MR) is 145 cm³/mol. The molecule has 0 unspecified atom stereocenters. The largest absolute Gasteiger partial charge is 0.336 e. The van der Waals surface area contributed by atoms with Crippen molar-refractivity contribution in [1.29, 1.82) is 0 Å². The normalized spacial score (nSPS) is 14.6. The van der Waals surface area contributed by atoms with Crippen LogP contribution in [0.3, 0.4) is 0 Å². The fourth-order valence-electron chi connectivity index (χ4n) is 5.21. The number of nitrogens with zero attached hydrogens (tertiary/aromatic N) is 5. The van der Waals surface area contributed by atoms with Crippen molar-refractivity contribution in [3.63, 3.8) is 0 Å². The first-order valence-electron chi connectivity index (χ1n) is 12.6. The molecule has 0 radical (unpaired) electrons. The molecule has 10 heteroatoms. The molecule has 1 aliphatic rings. The number of halogens is 2. The number of aromatic nitrogens is 6. The average Bonchev–Trinajstić information content (AvgIpc) is 3.66. The number of nitrogens with one attached hydrogen (secondary N) is 2. The third-order valence-corrected chi connectivity index (χ3v) is 7.92. The van der Waals surface area contributed by atoms with Crippen LogP contribution in [0.15, 0.2) is 55.0 Å². The molecule has 7 rings (SSSR count). The third-order valence-electron chi connectivity index (χ3n) is 7.04. The molecule has 5 aromatic heterocycles. The molecule has 1 aromatic carbocycles. The van der Waals surface area contributed by atoms with Crippen LogP contribution >= 0.6 is 11.3 Å². The number of fused-ring (bicyclic) bond motifs is 2. The van der Waals surface area contributed by atoms with Crippen LogP contribution in [0.4, 0.5) is 8.78 Å². The van der Waals surface area contributed by atoms with Crippen LogP contribution in [0.5, 0.6) is 0 Å². The lowest BCUT2D eigenvalue weighted by Gasteiger charge is -2.26. The van der Waals surface area contributed by atoms with Crippen molar-refractivity contribution in [2.24, 2.45) is 0 Å². The Balaban J connectivity index is 1.28. The number of likely N-dealkylation sites (tertiary alicyclic amines) is 1. The van der Waals surface area contributed by atoms with E-state index in [-0.39, 0.29) is 10.9 Å². The van der Waals surface area contributed by atoms with Gasteiger partial charge in [0.25, 0.3) is 0 Å². The van der Waals surface area contributed by atoms with Crippen molar-refractivity contribution in [2.75, 3.05) is 13.1 Å². The van der Waals surface area contributed by atoms with Crippen molar-refractivity contribution in [2.45, 2.75) is 25.8 Å². The van der Waals surface area contributed by atoms with Crippen LogP contribution in [-0.4, -0.2) is 48.1 Å². The maximum atomic E-state index is 15.3. The highest BCUT2D eigenvalue weighted by Gasteiger charge is 2.19. The Kier molecular flexibility index (Phi) is 5.70. The molecule has 1 aliphatic heterocycles. The minimum absolute atomic E-state index is 0.281. The van der Waals surface area contributed by atoms with Gasteiger partial charge in [-0.1, -0.05) is 6.42 Å². The fraction of sp³-hybridized carbons (Fsp3) is 0.214. The van der Waals surface area contributed by atoms with Crippen LogP contribution < -0.4 is 0 Å². The maximum absolute atomic E-state index is 15.3. The molecular formula is C28H23F2N7S. The van der Waals surface area contributed by atoms with Crippen molar-refractivity contribution in [3.05, 3.63) is 71.5 Å². The van der Waals surface area contributed by atoms with E-state index in [1.165, 1.54) is 31.4 Å². The second-order valence-electron chi connectivity index (χ2n) is 9.61. The van der Waals surface area contributed by atoms with Crippen molar-refractivity contribution in [3.8, 4) is 33.2 Å². The van der Waals surface area contributed by atoms with Gasteiger partial charge in [0, 0.05) is 47.7 Å². The van der Waals surface area contributed by atoms with Crippen molar-refractivity contribution >= 4 is 33.3 Å². The maximum Gasteiger partial charge on any atom is 0.177 e. The Labute approximate surface area is 220 Å². The number of thiophene rings is 1. The molecule has 1 saturated heterocycles. The van der Waals surface area contributed by atoms with E-state index in [9.17, 15) is 4.39 Å². The number of benzene rings is 1. The molecule has 6 aromatic rings. The molecule has 0 atom stereocenters. The average molecular weight is 528 g/mol. The smallest absolute Gasteiger partial charge is 0.177 e. The number of aromatic amines is 2. The Morgan fingerprint density at radius 1 is 0.947 bits per heavy atom. The molecule has 2 N–H and O–H groups in total. The third kappa shape index (κ3) is 4.15. The number of piperidine rings is 1. The molecule has 0 spiro atoms. The van der Waals surface area contributed by atoms with Gasteiger partial charge in [0.2, 0.25) is 0 Å². The Hall–Kier alpha value is -4.02. The number of hydrogen-bond donors (Lipinski definition) is 2. The van der Waals surface area contributed by atoms with Crippen LogP contribution in [0.2, 0.25) is 0 Å². The summed E-state index contributed by atoms with van der Waals surface area (Å²) in [7, 11) is 0. The zero-order valence-corrected chi connectivity index (χ0v) is 21.2. The summed E-state index contributed by atoms with van der Waals surface area (Å²) in [4.78, 5) is 20.0. The number of pyridine rings is 2. The van der Waals surface area contributed by atoms with E-state index in [2.05, 4.69) is 30.0 Å². The summed E-state index contributed by atoms with van der Waals surface area (Å²) in [6.07, 6.45) is 8.93. The van der Waals surface area contributed by atoms with Gasteiger partial charge in [-0.15, -0.1) is 11.3 Å². The van der Waals surface area contributed by atoms with Crippen molar-refractivity contribution in [1.82, 2.24) is 35.0 Å². The van der Waals surface area contributed by atoms with Gasteiger partial charge in [-0.25, -0.2) is 9.37 Å². The molecule has 0 saturated carbocycles. The summed E-state index contributed by atoms with van der Waals surface area (Å²) >= 11 is 1.02. The summed E-state index contributed by atoms with van der Waals surface area (Å²) in [5, 5.41) is 7.84. The van der Waals surface area contributed by atoms with Gasteiger partial charge in [-0.3, -0.25) is 20.0 Å². The monoisotopic (exact) mass is 527 g/mol. The highest BCUT2D eigenvalue weighted by Crippen LogP contribution is 2.35. The lowest BCUT2D eigenvalue weighted by atomic mass is 10.0. The van der Waals surface area contributed by atoms with E-state index in [4.69, 9.17) is 4.98 Å². The Morgan fingerprint density at radius 2 is 1.84 bits per heavy atom. The zero-order valence-electron chi connectivity index (χ0n) is 20.3.